The Labute approximate surface area is 294 Å². The van der Waals surface area contributed by atoms with E-state index in [2.05, 4.69) is 15.6 Å². The van der Waals surface area contributed by atoms with E-state index in [9.17, 15) is 29.4 Å². The number of thiazole rings is 1. The number of ketones is 1. The van der Waals surface area contributed by atoms with Crippen molar-refractivity contribution < 1.29 is 38.9 Å². The number of esters is 1. The van der Waals surface area contributed by atoms with Crippen LogP contribution in [0.15, 0.2) is 60.7 Å². The van der Waals surface area contributed by atoms with Gasteiger partial charge in [0.25, 0.3) is 0 Å². The van der Waals surface area contributed by atoms with Crippen molar-refractivity contribution in [2.75, 3.05) is 19.0 Å². The quantitative estimate of drug-likeness (QED) is 0.137. The van der Waals surface area contributed by atoms with Crippen LogP contribution < -0.4 is 15.4 Å². The Morgan fingerprint density at radius 3 is 2.58 bits per heavy atom. The minimum Gasteiger partial charge on any atom is -0.507 e. The zero-order valence-electron chi connectivity index (χ0n) is 28.1. The Kier molecular flexibility index (Phi) is 12.2. The molecule has 1 aromatic heterocycles. The summed E-state index contributed by atoms with van der Waals surface area (Å²) < 4.78 is 11.9. The number of fused-ring (bicyclic) bond motifs is 2. The number of anilines is 1. The second-order valence-electron chi connectivity index (χ2n) is 12.2. The number of hydrogen-bond acceptors (Lipinski definition) is 10. The van der Waals surface area contributed by atoms with Crippen molar-refractivity contribution in [3.8, 4) is 17.2 Å². The van der Waals surface area contributed by atoms with Crippen LogP contribution in [0.4, 0.5) is 5.13 Å². The van der Waals surface area contributed by atoms with E-state index in [1.807, 2.05) is 24.3 Å². The van der Waals surface area contributed by atoms with Gasteiger partial charge in [0.15, 0.2) is 5.13 Å². The molecule has 4 N–H and O–H groups in total. The number of nitrogens with one attached hydrogen (secondary N) is 2. The van der Waals surface area contributed by atoms with E-state index < -0.39 is 29.6 Å². The minimum absolute atomic E-state index is 0.00523. The first kappa shape index (κ1) is 36.1. The lowest BCUT2D eigenvalue weighted by atomic mass is 9.84. The van der Waals surface area contributed by atoms with E-state index in [4.69, 9.17) is 9.47 Å². The molecule has 0 radical (unpaired) electrons. The van der Waals surface area contributed by atoms with Gasteiger partial charge in [-0.3, -0.25) is 14.4 Å². The average molecular weight is 700 g/mol. The number of amides is 2. The molecule has 1 aliphatic heterocycles. The van der Waals surface area contributed by atoms with E-state index >= 15 is 0 Å². The predicted molar refractivity (Wildman–Crippen MR) is 192 cm³/mol. The lowest BCUT2D eigenvalue weighted by molar-refractivity contribution is -0.121. The molecule has 12 heteroatoms. The monoisotopic (exact) mass is 699 g/mol. The number of methoxy groups -OCH3 is 1. The van der Waals surface area contributed by atoms with Crippen molar-refractivity contribution in [2.45, 2.75) is 70.3 Å². The molecule has 50 heavy (non-hydrogen) atoms. The molecule has 11 nitrogen and oxygen atoms in total. The molecule has 3 aromatic carbocycles. The number of phenols is 2. The number of benzene rings is 3. The molecular formula is C38H41N3O8S. The fourth-order valence-electron chi connectivity index (χ4n) is 5.92. The summed E-state index contributed by atoms with van der Waals surface area (Å²) >= 11 is 1.36. The zero-order chi connectivity index (χ0) is 35.6. The molecular weight excluding hydrogens is 658 g/mol. The number of allylic oxidation sites excluding steroid dienone is 1. The second-order valence-corrected chi connectivity index (χ2v) is 13.3. The van der Waals surface area contributed by atoms with Gasteiger partial charge in [0.1, 0.15) is 28.6 Å². The normalized spacial score (nSPS) is 16.2. The molecule has 2 atom stereocenters. The first-order valence-electron chi connectivity index (χ1n) is 16.7. The molecule has 0 bridgehead atoms. The lowest BCUT2D eigenvalue weighted by Gasteiger charge is -2.23. The number of rotatable bonds is 9. The van der Waals surface area contributed by atoms with E-state index in [1.165, 1.54) is 24.5 Å². The number of nitrogens with zero attached hydrogens (tertiary/aromatic N) is 1. The van der Waals surface area contributed by atoms with Gasteiger partial charge >= 0.3 is 5.97 Å². The number of hydrogen-bond donors (Lipinski definition) is 4. The molecule has 0 saturated carbocycles. The van der Waals surface area contributed by atoms with E-state index in [0.29, 0.717) is 55.0 Å². The fraction of sp³-hybridized carbons (Fsp3) is 0.342. The van der Waals surface area contributed by atoms with Gasteiger partial charge in [-0.1, -0.05) is 47.8 Å². The van der Waals surface area contributed by atoms with Gasteiger partial charge in [0, 0.05) is 43.7 Å². The number of para-hydroxylation sites is 1. The maximum atomic E-state index is 13.6. The first-order valence-corrected chi connectivity index (χ1v) is 17.5. The van der Waals surface area contributed by atoms with Crippen LogP contribution in [0.25, 0.3) is 16.3 Å². The smallest absolute Gasteiger partial charge is 0.342 e. The van der Waals surface area contributed by atoms with Crippen molar-refractivity contribution in [1.29, 1.82) is 0 Å². The summed E-state index contributed by atoms with van der Waals surface area (Å²) in [4.78, 5) is 56.2. The molecule has 2 heterocycles. The number of phenolic OH excluding ortho intramolecular Hbond substituents is 2. The fourth-order valence-corrected chi connectivity index (χ4v) is 6.80. The topological polar surface area (TPSA) is 164 Å². The summed E-state index contributed by atoms with van der Waals surface area (Å²) in [6.45, 7) is 1.76. The van der Waals surface area contributed by atoms with Crippen LogP contribution in [-0.4, -0.2) is 58.5 Å². The summed E-state index contributed by atoms with van der Waals surface area (Å²) in [5.41, 5.74) is 1.47. The molecule has 0 aliphatic carbocycles. The van der Waals surface area contributed by atoms with Gasteiger partial charge in [0.05, 0.1) is 23.4 Å². The van der Waals surface area contributed by atoms with Crippen molar-refractivity contribution >= 4 is 56.3 Å². The number of ether oxygens (including phenoxy) is 2. The summed E-state index contributed by atoms with van der Waals surface area (Å²) in [6.07, 6.45) is 5.75. The van der Waals surface area contributed by atoms with Crippen molar-refractivity contribution in [3.05, 3.63) is 82.9 Å². The Morgan fingerprint density at radius 2 is 1.82 bits per heavy atom. The zero-order valence-corrected chi connectivity index (χ0v) is 28.9. The molecule has 1 aliphatic rings. The number of carbonyl (C=O) groups is 4. The second kappa shape index (κ2) is 16.9. The van der Waals surface area contributed by atoms with Gasteiger partial charge in [-0.25, -0.2) is 9.78 Å². The van der Waals surface area contributed by atoms with Crippen LogP contribution in [0.3, 0.4) is 0 Å². The first-order chi connectivity index (χ1) is 24.1. The molecule has 0 fully saturated rings. The summed E-state index contributed by atoms with van der Waals surface area (Å²) in [5.74, 6) is -2.51. The predicted octanol–water partition coefficient (Wildman–Crippen LogP) is 6.86. The summed E-state index contributed by atoms with van der Waals surface area (Å²) in [5, 5.41) is 29.1. The Morgan fingerprint density at radius 1 is 1.06 bits per heavy atom. The Balaban J connectivity index is 1.38. The van der Waals surface area contributed by atoms with E-state index in [-0.39, 0.29) is 53.5 Å². The highest BCUT2D eigenvalue weighted by molar-refractivity contribution is 7.22. The highest BCUT2D eigenvalue weighted by Gasteiger charge is 2.31. The van der Waals surface area contributed by atoms with Crippen molar-refractivity contribution in [1.82, 2.24) is 10.3 Å². The number of Topliss-reactive ketones (excluding diaryl/α,β-unsaturated/α-hetero) is 1. The van der Waals surface area contributed by atoms with Gasteiger partial charge in [-0.05, 0) is 74.1 Å². The standard InChI is InChI=1S/C38H41N3O8S/c1-23-9-8-12-26(42)11-5-3-4-10-25-21-30(43)35(36(46)34(25)37(47)49-23)28(24-15-17-27(48-2)18-16-24)22-33(45)39-20-19-32(44)41-38-40-29-13-6-7-14-31(29)50-38/h4,6-7,10,13-18,21,23,28,43,46H,3,5,8-9,11-12,19-20,22H2,1-2H3,(H,39,45)(H,40,41,44). The van der Waals surface area contributed by atoms with Crippen LogP contribution in [0.2, 0.25) is 0 Å². The lowest BCUT2D eigenvalue weighted by Crippen LogP contribution is -2.29. The third kappa shape index (κ3) is 9.26. The average Bonchev–Trinajstić information content (AvgIpc) is 3.49. The molecule has 0 spiro atoms. The maximum absolute atomic E-state index is 13.6. The minimum atomic E-state index is -0.893. The van der Waals surface area contributed by atoms with Crippen molar-refractivity contribution in [2.24, 2.45) is 0 Å². The highest BCUT2D eigenvalue weighted by Crippen LogP contribution is 2.44. The molecule has 5 rings (SSSR count). The molecule has 2 amide bonds. The third-order valence-corrected chi connectivity index (χ3v) is 9.47. The molecule has 4 aromatic rings. The van der Waals surface area contributed by atoms with E-state index in [0.717, 1.165) is 10.2 Å². The van der Waals surface area contributed by atoms with Crippen LogP contribution in [0.5, 0.6) is 17.2 Å². The summed E-state index contributed by atoms with van der Waals surface area (Å²) in [7, 11) is 1.52. The number of aromatic hydroxyl groups is 2. The van der Waals surface area contributed by atoms with Gasteiger partial charge in [0.2, 0.25) is 11.8 Å². The SMILES string of the molecule is COc1ccc(C(CC(=O)NCCC(=O)Nc2nc3ccccc3s2)c2c(O)cc3c(c2O)C(=O)OC(C)CCCC(=O)CCCC=C3)cc1. The van der Waals surface area contributed by atoms with Gasteiger partial charge < -0.3 is 30.3 Å². The van der Waals surface area contributed by atoms with Crippen LogP contribution in [0.1, 0.15) is 91.3 Å². The number of cyclic esters (lactones) is 1. The largest absolute Gasteiger partial charge is 0.507 e. The molecule has 0 saturated heterocycles. The third-order valence-electron chi connectivity index (χ3n) is 8.52. The van der Waals surface area contributed by atoms with Crippen LogP contribution in [0, 0.1) is 0 Å². The highest BCUT2D eigenvalue weighted by atomic mass is 32.1. The molecule has 2 unspecified atom stereocenters. The van der Waals surface area contributed by atoms with Gasteiger partial charge in [-0.15, -0.1) is 0 Å². The Bertz CT molecular complexity index is 1850. The maximum Gasteiger partial charge on any atom is 0.342 e. The van der Waals surface area contributed by atoms with Gasteiger partial charge in [-0.2, -0.15) is 0 Å². The number of carbonyl (C=O) groups excluding carboxylic acids is 4. The molecule has 262 valence electrons. The van der Waals surface area contributed by atoms with Crippen LogP contribution >= 0.6 is 11.3 Å². The van der Waals surface area contributed by atoms with E-state index in [1.54, 1.807) is 43.3 Å². The summed E-state index contributed by atoms with van der Waals surface area (Å²) in [6, 6.07) is 15.8. The number of aromatic nitrogens is 1. The van der Waals surface area contributed by atoms with Crippen molar-refractivity contribution in [3.63, 3.8) is 0 Å². The van der Waals surface area contributed by atoms with Crippen LogP contribution in [-0.2, 0) is 19.1 Å². The Hall–Kier alpha value is -5.23.